The van der Waals surface area contributed by atoms with Crippen molar-refractivity contribution in [2.75, 3.05) is 13.1 Å². The number of piperidine rings is 1. The molecule has 13 nitrogen and oxygen atoms in total. The first-order valence-electron chi connectivity index (χ1n) is 19.5. The number of terminal acetylenes is 1. The van der Waals surface area contributed by atoms with Crippen molar-refractivity contribution in [3.05, 3.63) is 36.9 Å². The van der Waals surface area contributed by atoms with Gasteiger partial charge in [0, 0.05) is 31.9 Å². The molecule has 1 aromatic heterocycles. The molecule has 292 valence electrons. The van der Waals surface area contributed by atoms with Crippen molar-refractivity contribution >= 4 is 35.3 Å². The first-order valence-corrected chi connectivity index (χ1v) is 19.5. The lowest BCUT2D eigenvalue weighted by Gasteiger charge is -2.45. The fraction of sp³-hybridized carbons (Fsp3) is 0.659. The molecule has 0 bridgehead atoms. The van der Waals surface area contributed by atoms with Crippen LogP contribution in [0.2, 0.25) is 0 Å². The number of amides is 5. The van der Waals surface area contributed by atoms with Gasteiger partial charge in [-0.25, -0.2) is 4.98 Å². The Morgan fingerprint density at radius 3 is 2.13 bits per heavy atom. The van der Waals surface area contributed by atoms with Crippen molar-refractivity contribution in [1.82, 2.24) is 36.1 Å². The van der Waals surface area contributed by atoms with Crippen molar-refractivity contribution < 1.29 is 28.8 Å². The van der Waals surface area contributed by atoms with E-state index >= 15 is 4.79 Å². The zero-order valence-corrected chi connectivity index (χ0v) is 32.2. The number of Topliss-reactive ketones (excluding diaryl/α,β-unsaturated/α-hetero) is 1. The summed E-state index contributed by atoms with van der Waals surface area (Å²) in [5, 5.41) is 11.4. The lowest BCUT2D eigenvalue weighted by molar-refractivity contribution is -0.148. The molecule has 3 saturated carbocycles. The monoisotopic (exact) mass is 743 g/mol. The van der Waals surface area contributed by atoms with E-state index in [4.69, 9.17) is 6.42 Å². The third-order valence-electron chi connectivity index (χ3n) is 12.9. The average molecular weight is 744 g/mol. The van der Waals surface area contributed by atoms with E-state index in [9.17, 15) is 24.0 Å². The highest BCUT2D eigenvalue weighted by atomic mass is 16.2. The number of rotatable bonds is 15. The largest absolute Gasteiger partial charge is 0.346 e. The van der Waals surface area contributed by atoms with Crippen LogP contribution in [0.25, 0.3) is 0 Å². The molecular formula is C41H57N7O6. The predicted octanol–water partition coefficient (Wildman–Crippen LogP) is 3.25. The summed E-state index contributed by atoms with van der Waals surface area (Å²) in [6, 6.07) is -4.04. The Hall–Kier alpha value is -4.60. The van der Waals surface area contributed by atoms with E-state index in [-0.39, 0.29) is 48.2 Å². The highest BCUT2D eigenvalue weighted by molar-refractivity contribution is 6.38. The maximum atomic E-state index is 15.1. The Morgan fingerprint density at radius 2 is 1.56 bits per heavy atom. The topological polar surface area (TPSA) is 180 Å². The van der Waals surface area contributed by atoms with E-state index in [1.165, 1.54) is 24.7 Å². The van der Waals surface area contributed by atoms with Crippen LogP contribution in [0, 0.1) is 40.4 Å². The Labute approximate surface area is 319 Å². The van der Waals surface area contributed by atoms with Crippen molar-refractivity contribution in [3.63, 3.8) is 0 Å². The van der Waals surface area contributed by atoms with E-state index in [2.05, 4.69) is 57.6 Å². The van der Waals surface area contributed by atoms with E-state index in [1.54, 1.807) is 4.90 Å². The quantitative estimate of drug-likeness (QED) is 0.120. The highest BCUT2D eigenvalue weighted by Crippen LogP contribution is 2.65. The second-order valence-electron chi connectivity index (χ2n) is 16.9. The summed E-state index contributed by atoms with van der Waals surface area (Å²) in [5.74, 6) is -1.22. The molecule has 4 aliphatic rings. The molecule has 0 radical (unpaired) electrons. The Balaban J connectivity index is 1.45. The van der Waals surface area contributed by atoms with Crippen LogP contribution in [0.4, 0.5) is 0 Å². The number of aromatic nitrogens is 2. The maximum absolute atomic E-state index is 15.1. The highest BCUT2D eigenvalue weighted by Gasteiger charge is 2.70. The molecule has 1 aromatic rings. The number of carbonyl (C=O) groups excluding carboxylic acids is 6. The molecule has 2 heterocycles. The van der Waals surface area contributed by atoms with Gasteiger partial charge in [-0.3, -0.25) is 33.8 Å². The first kappa shape index (κ1) is 40.6. The molecule has 54 heavy (non-hydrogen) atoms. The summed E-state index contributed by atoms with van der Waals surface area (Å²) in [7, 11) is 0. The average Bonchev–Trinajstić information content (AvgIpc) is 3.46. The number of likely N-dealkylation sites (tertiary alicyclic amines) is 1. The number of fused-ring (bicyclic) bond motifs is 1. The number of nitrogens with one attached hydrogen (secondary N) is 4. The molecule has 5 amide bonds. The standard InChI is InChI=1S/C41H57N7O6/c1-7-9-16-27(31(49)36(52)44-21-8-2)45-35(51)30-29-26(39(29,3)4)25-48(30)38(54)33(41(6)19-14-11-15-20-41)47-37(53)32(40(5)17-12-10-13-18-40)46-34(50)28-24-42-22-23-43-28/h1,8,22-24,26-27,29-30,32-33H,2,9-21,25H2,3-6H3,(H,44,52)(H,45,51)(H,46,50)(H,47,53)/t26-,27?,29-,30-,32+,33+/m0/s1. The van der Waals surface area contributed by atoms with Crippen LogP contribution < -0.4 is 21.3 Å². The van der Waals surface area contributed by atoms with Gasteiger partial charge < -0.3 is 26.2 Å². The first-order chi connectivity index (χ1) is 25.7. The number of carbonyl (C=O) groups is 6. The summed E-state index contributed by atoms with van der Waals surface area (Å²) >= 11 is 0. The number of ketones is 1. The second-order valence-corrected chi connectivity index (χ2v) is 16.9. The lowest BCUT2D eigenvalue weighted by Crippen LogP contribution is -2.64. The van der Waals surface area contributed by atoms with Crippen LogP contribution in [-0.2, 0) is 24.0 Å². The molecule has 13 heteroatoms. The Kier molecular flexibility index (Phi) is 12.6. The van der Waals surface area contributed by atoms with E-state index in [0.717, 1.165) is 51.4 Å². The summed E-state index contributed by atoms with van der Waals surface area (Å²) in [4.78, 5) is 93.1. The van der Waals surface area contributed by atoms with Crippen molar-refractivity contribution in [3.8, 4) is 12.3 Å². The van der Waals surface area contributed by atoms with Crippen LogP contribution in [0.15, 0.2) is 31.2 Å². The molecule has 1 aliphatic heterocycles. The fourth-order valence-corrected chi connectivity index (χ4v) is 9.38. The van der Waals surface area contributed by atoms with Gasteiger partial charge in [0.1, 0.15) is 23.8 Å². The van der Waals surface area contributed by atoms with Crippen LogP contribution in [0.1, 0.15) is 115 Å². The van der Waals surface area contributed by atoms with Gasteiger partial charge in [0.15, 0.2) is 0 Å². The van der Waals surface area contributed by atoms with Gasteiger partial charge in [0.2, 0.25) is 23.5 Å². The molecule has 0 spiro atoms. The minimum atomic E-state index is -1.18. The van der Waals surface area contributed by atoms with Crippen LogP contribution in [0.5, 0.6) is 0 Å². The molecular weight excluding hydrogens is 686 g/mol. The van der Waals surface area contributed by atoms with Gasteiger partial charge in [0.25, 0.3) is 11.8 Å². The smallest absolute Gasteiger partial charge is 0.289 e. The molecule has 4 fully saturated rings. The normalized spacial score (nSPS) is 24.9. The minimum Gasteiger partial charge on any atom is -0.346 e. The van der Waals surface area contributed by atoms with Crippen molar-refractivity contribution in [1.29, 1.82) is 0 Å². The maximum Gasteiger partial charge on any atom is 0.289 e. The fourth-order valence-electron chi connectivity index (χ4n) is 9.38. The van der Waals surface area contributed by atoms with Crippen molar-refractivity contribution in [2.45, 2.75) is 129 Å². The van der Waals surface area contributed by atoms with Gasteiger partial charge in [-0.2, -0.15) is 0 Å². The SMILES string of the molecule is C#CCCC(NC(=O)[C@@H]1[C@@H]2[C@H](CN1C(=O)[C@@H](NC(=O)[C@@H](NC(=O)c1cnccn1)C1(C)CCCCC1)C1(C)CCCCC1)C2(C)C)C(=O)C(=O)NCC=C. The molecule has 1 unspecified atom stereocenters. The van der Waals surface area contributed by atoms with Gasteiger partial charge in [-0.1, -0.05) is 72.3 Å². The van der Waals surface area contributed by atoms with Gasteiger partial charge >= 0.3 is 0 Å². The van der Waals surface area contributed by atoms with Gasteiger partial charge in [-0.15, -0.1) is 18.9 Å². The molecule has 1 saturated heterocycles. The zero-order chi connectivity index (χ0) is 39.3. The lowest BCUT2D eigenvalue weighted by atomic mass is 9.68. The van der Waals surface area contributed by atoms with E-state index < -0.39 is 64.4 Å². The van der Waals surface area contributed by atoms with Crippen LogP contribution >= 0.6 is 0 Å². The number of nitrogens with zero attached hydrogens (tertiary/aromatic N) is 3. The van der Waals surface area contributed by atoms with Gasteiger partial charge in [-0.05, 0) is 60.2 Å². The van der Waals surface area contributed by atoms with Crippen LogP contribution in [-0.4, -0.2) is 87.4 Å². The zero-order valence-electron chi connectivity index (χ0n) is 32.2. The minimum absolute atomic E-state index is 0.0311. The van der Waals surface area contributed by atoms with E-state index in [1.807, 2.05) is 13.8 Å². The third-order valence-corrected chi connectivity index (χ3v) is 12.9. The number of hydrogen-bond acceptors (Lipinski definition) is 8. The Bertz CT molecular complexity index is 1640. The molecule has 6 atom stereocenters. The Morgan fingerprint density at radius 1 is 0.926 bits per heavy atom. The summed E-state index contributed by atoms with van der Waals surface area (Å²) < 4.78 is 0. The summed E-state index contributed by atoms with van der Waals surface area (Å²) in [6.07, 6.45) is 19.9. The molecule has 0 aromatic carbocycles. The summed E-state index contributed by atoms with van der Waals surface area (Å²) in [5.41, 5.74) is -1.33. The van der Waals surface area contributed by atoms with E-state index in [0.29, 0.717) is 19.4 Å². The molecule has 4 N–H and O–H groups in total. The second kappa shape index (κ2) is 16.8. The predicted molar refractivity (Wildman–Crippen MR) is 202 cm³/mol. The van der Waals surface area contributed by atoms with Gasteiger partial charge in [0.05, 0.1) is 12.2 Å². The van der Waals surface area contributed by atoms with Crippen LogP contribution in [0.3, 0.4) is 0 Å². The molecule has 5 rings (SSSR count). The number of hydrogen-bond donors (Lipinski definition) is 4. The third kappa shape index (κ3) is 8.53. The molecule has 3 aliphatic carbocycles. The van der Waals surface area contributed by atoms with Crippen molar-refractivity contribution in [2.24, 2.45) is 28.1 Å². The summed E-state index contributed by atoms with van der Waals surface area (Å²) in [6.45, 7) is 12.1.